The van der Waals surface area contributed by atoms with Crippen molar-refractivity contribution in [1.82, 2.24) is 20.5 Å². The fraction of sp³-hybridized carbons (Fsp3) is 0.318. The number of aromatic nitrogens is 3. The van der Waals surface area contributed by atoms with Gasteiger partial charge in [-0.2, -0.15) is 31.3 Å². The van der Waals surface area contributed by atoms with Crippen LogP contribution in [-0.2, 0) is 28.5 Å². The zero-order valence-corrected chi connectivity index (χ0v) is 18.4. The predicted molar refractivity (Wildman–Crippen MR) is 115 cm³/mol. The molecule has 1 fully saturated rings. The Morgan fingerprint density at radius 1 is 1.03 bits per heavy atom. The molecule has 0 bridgehead atoms. The van der Waals surface area contributed by atoms with E-state index in [0.717, 1.165) is 5.56 Å². The number of halogens is 6. The minimum Gasteiger partial charge on any atom is -0.375 e. The van der Waals surface area contributed by atoms with E-state index in [1.54, 1.807) is 35.2 Å². The maximum atomic E-state index is 13.2. The number of anilines is 2. The largest absolute Gasteiger partial charge is 0.416 e. The second kappa shape index (κ2) is 9.68. The lowest BCUT2D eigenvalue weighted by molar-refractivity contribution is -0.143. The van der Waals surface area contributed by atoms with Gasteiger partial charge in [0.25, 0.3) is 0 Å². The molecule has 2 heterocycles. The van der Waals surface area contributed by atoms with Crippen LogP contribution in [0.4, 0.5) is 38.2 Å². The summed E-state index contributed by atoms with van der Waals surface area (Å²) in [5, 5.41) is 9.27. The molecule has 0 saturated carbocycles. The van der Waals surface area contributed by atoms with E-state index < -0.39 is 48.1 Å². The van der Waals surface area contributed by atoms with E-state index in [1.165, 1.54) is 0 Å². The molecular formula is C22H20F6N6O2. The smallest absolute Gasteiger partial charge is 0.375 e. The van der Waals surface area contributed by atoms with Crippen molar-refractivity contribution in [1.29, 1.82) is 0 Å². The summed E-state index contributed by atoms with van der Waals surface area (Å²) in [5.41, 5.74) is 3.19. The first kappa shape index (κ1) is 25.3. The van der Waals surface area contributed by atoms with Crippen molar-refractivity contribution in [3.8, 4) is 0 Å². The van der Waals surface area contributed by atoms with Gasteiger partial charge in [0.15, 0.2) is 0 Å². The average Bonchev–Trinajstić information content (AvgIpc) is 3.24. The van der Waals surface area contributed by atoms with Crippen LogP contribution in [0.15, 0.2) is 48.5 Å². The monoisotopic (exact) mass is 514 g/mol. The number of amides is 1. The molecule has 36 heavy (non-hydrogen) atoms. The van der Waals surface area contributed by atoms with Crippen LogP contribution in [0.5, 0.6) is 0 Å². The predicted octanol–water partition coefficient (Wildman–Crippen LogP) is 3.69. The van der Waals surface area contributed by atoms with Crippen molar-refractivity contribution in [2.45, 2.75) is 31.0 Å². The number of ether oxygens (including phenoxy) is 1. The van der Waals surface area contributed by atoms with Crippen LogP contribution in [-0.4, -0.2) is 40.3 Å². The maximum Gasteiger partial charge on any atom is 0.416 e. The number of H-pyrrole nitrogens is 1. The molecule has 8 nitrogen and oxygen atoms in total. The molecule has 0 unspecified atom stereocenters. The van der Waals surface area contributed by atoms with Crippen molar-refractivity contribution < 1.29 is 35.9 Å². The number of aromatic amines is 1. The summed E-state index contributed by atoms with van der Waals surface area (Å²) in [6, 6.07) is 8.88. The summed E-state index contributed by atoms with van der Waals surface area (Å²) >= 11 is 0. The van der Waals surface area contributed by atoms with Gasteiger partial charge in [0.2, 0.25) is 17.8 Å². The van der Waals surface area contributed by atoms with Gasteiger partial charge >= 0.3 is 12.4 Å². The number of nitrogens with one attached hydrogen (secondary N) is 2. The van der Waals surface area contributed by atoms with Gasteiger partial charge in [0, 0.05) is 0 Å². The Kier molecular flexibility index (Phi) is 6.80. The SMILES string of the molecule is Nc1nc(N2CC(=O)N[C@H](COCc3cc(C(F)(F)F)cc(C(F)(F)F)c3)[C@@H]2c2ccccc2)n[nH]1. The number of rotatable bonds is 6. The lowest BCUT2D eigenvalue weighted by atomic mass is 9.96. The third-order valence-electron chi connectivity index (χ3n) is 5.48. The van der Waals surface area contributed by atoms with Gasteiger partial charge in [-0.05, 0) is 29.3 Å². The number of nitrogens with zero attached hydrogens (tertiary/aromatic N) is 3. The Morgan fingerprint density at radius 2 is 1.67 bits per heavy atom. The molecule has 3 aromatic rings. The molecule has 1 aromatic heterocycles. The van der Waals surface area contributed by atoms with Crippen LogP contribution in [0.25, 0.3) is 0 Å². The van der Waals surface area contributed by atoms with Gasteiger partial charge < -0.3 is 20.7 Å². The molecule has 0 aliphatic carbocycles. The summed E-state index contributed by atoms with van der Waals surface area (Å²) in [4.78, 5) is 18.1. The summed E-state index contributed by atoms with van der Waals surface area (Å²) in [5.74, 6) is -0.230. The van der Waals surface area contributed by atoms with Gasteiger partial charge in [-0.15, -0.1) is 5.10 Å². The fourth-order valence-electron chi connectivity index (χ4n) is 3.99. The van der Waals surface area contributed by atoms with Crippen molar-refractivity contribution >= 4 is 17.8 Å². The van der Waals surface area contributed by atoms with Crippen LogP contribution in [0.1, 0.15) is 28.3 Å². The number of carbonyl (C=O) groups is 1. The highest BCUT2D eigenvalue weighted by molar-refractivity contribution is 5.83. The van der Waals surface area contributed by atoms with E-state index in [2.05, 4.69) is 20.5 Å². The molecular weight excluding hydrogens is 494 g/mol. The average molecular weight is 514 g/mol. The van der Waals surface area contributed by atoms with E-state index in [9.17, 15) is 31.1 Å². The van der Waals surface area contributed by atoms with Gasteiger partial charge in [-0.3, -0.25) is 4.79 Å². The first-order chi connectivity index (χ1) is 16.9. The lowest BCUT2D eigenvalue weighted by Crippen LogP contribution is -2.58. The molecule has 2 atom stereocenters. The van der Waals surface area contributed by atoms with Crippen molar-refractivity contribution in [3.05, 3.63) is 70.8 Å². The Hall–Kier alpha value is -3.81. The minimum absolute atomic E-state index is 0.0283. The molecule has 192 valence electrons. The minimum atomic E-state index is -4.97. The van der Waals surface area contributed by atoms with E-state index >= 15 is 0 Å². The van der Waals surface area contributed by atoms with Crippen LogP contribution in [0.3, 0.4) is 0 Å². The topological polar surface area (TPSA) is 109 Å². The first-order valence-electron chi connectivity index (χ1n) is 10.6. The molecule has 4 N–H and O–H groups in total. The molecule has 14 heteroatoms. The fourth-order valence-corrected chi connectivity index (χ4v) is 3.99. The third kappa shape index (κ3) is 5.70. The van der Waals surface area contributed by atoms with Gasteiger partial charge in [-0.25, -0.2) is 5.10 Å². The van der Waals surface area contributed by atoms with Crippen LogP contribution in [0.2, 0.25) is 0 Å². The molecule has 1 aliphatic heterocycles. The molecule has 0 spiro atoms. The van der Waals surface area contributed by atoms with Crippen LogP contribution < -0.4 is 16.0 Å². The molecule has 1 aliphatic rings. The molecule has 4 rings (SSSR count). The standard InChI is InChI=1S/C22H20F6N6O2/c23-21(24,25)14-6-12(7-15(8-14)22(26,27)28)10-36-11-16-18(13-4-2-1-3-5-13)34(9-17(35)30-16)20-31-19(29)32-33-20/h1-8,16,18H,9-11H2,(H,30,35)(H3,29,31,32,33)/t16-,18+/m1/s1. The van der Waals surface area contributed by atoms with Crippen LogP contribution in [0, 0.1) is 0 Å². The highest BCUT2D eigenvalue weighted by atomic mass is 19.4. The van der Waals surface area contributed by atoms with E-state index in [1.807, 2.05) is 0 Å². The summed E-state index contributed by atoms with van der Waals surface area (Å²) in [6.45, 7) is -0.885. The van der Waals surface area contributed by atoms with Gasteiger partial charge in [0.05, 0.1) is 36.4 Å². The number of alkyl halides is 6. The quantitative estimate of drug-likeness (QED) is 0.433. The zero-order chi connectivity index (χ0) is 26.1. The normalized spacial score (nSPS) is 18.8. The summed E-state index contributed by atoms with van der Waals surface area (Å²) in [6.07, 6.45) is -9.94. The Balaban J connectivity index is 1.58. The molecule has 0 radical (unpaired) electrons. The number of nitrogens with two attached hydrogens (primary N) is 1. The number of piperazine rings is 1. The van der Waals surface area contributed by atoms with Crippen molar-refractivity contribution in [3.63, 3.8) is 0 Å². The van der Waals surface area contributed by atoms with Crippen LogP contribution >= 0.6 is 0 Å². The second-order valence-electron chi connectivity index (χ2n) is 8.11. The van der Waals surface area contributed by atoms with Gasteiger partial charge in [0.1, 0.15) is 6.54 Å². The van der Waals surface area contributed by atoms with Crippen molar-refractivity contribution in [2.24, 2.45) is 0 Å². The molecule has 2 aromatic carbocycles. The van der Waals surface area contributed by atoms with E-state index in [0.29, 0.717) is 12.1 Å². The summed E-state index contributed by atoms with van der Waals surface area (Å²) < 4.78 is 84.5. The Bertz CT molecular complexity index is 1180. The number of carbonyl (C=O) groups excluding carboxylic acids is 1. The Labute approximate surface area is 200 Å². The first-order valence-corrected chi connectivity index (χ1v) is 10.6. The maximum absolute atomic E-state index is 13.2. The van der Waals surface area contributed by atoms with Crippen molar-refractivity contribution in [2.75, 3.05) is 23.8 Å². The van der Waals surface area contributed by atoms with E-state index in [4.69, 9.17) is 10.5 Å². The number of hydrogen-bond acceptors (Lipinski definition) is 6. The lowest BCUT2D eigenvalue weighted by Gasteiger charge is -2.41. The number of nitrogen functional groups attached to an aromatic ring is 1. The van der Waals surface area contributed by atoms with Gasteiger partial charge in [-0.1, -0.05) is 30.3 Å². The summed E-state index contributed by atoms with van der Waals surface area (Å²) in [7, 11) is 0. The van der Waals surface area contributed by atoms with E-state index in [-0.39, 0.29) is 36.7 Å². The number of benzene rings is 2. The molecule has 1 amide bonds. The second-order valence-corrected chi connectivity index (χ2v) is 8.11. The Morgan fingerprint density at radius 3 is 2.22 bits per heavy atom. The number of hydrogen-bond donors (Lipinski definition) is 3. The third-order valence-corrected chi connectivity index (χ3v) is 5.48. The highest BCUT2D eigenvalue weighted by Gasteiger charge is 2.39. The zero-order valence-electron chi connectivity index (χ0n) is 18.4. The highest BCUT2D eigenvalue weighted by Crippen LogP contribution is 2.37. The molecule has 1 saturated heterocycles.